The van der Waals surface area contributed by atoms with Gasteiger partial charge in [-0.25, -0.2) is 0 Å². The summed E-state index contributed by atoms with van der Waals surface area (Å²) >= 11 is 0. The molecule has 0 amide bonds. The highest BCUT2D eigenvalue weighted by atomic mass is 28.3. The van der Waals surface area contributed by atoms with Crippen LogP contribution in [0.1, 0.15) is 6.42 Å². The first-order valence-corrected chi connectivity index (χ1v) is 4.31. The highest BCUT2D eigenvalue weighted by molar-refractivity contribution is 6.48. The van der Waals surface area contributed by atoms with Crippen LogP contribution in [0.15, 0.2) is 0 Å². The molecule has 1 radical (unpaired) electrons. The molecular weight excluding hydrogens is 106 g/mol. The van der Waals surface area contributed by atoms with Gasteiger partial charge < -0.3 is 4.80 Å². The lowest BCUT2D eigenvalue weighted by Crippen LogP contribution is -2.02. The van der Waals surface area contributed by atoms with E-state index in [9.17, 15) is 0 Å². The molecule has 0 aliphatic carbocycles. The van der Waals surface area contributed by atoms with E-state index in [-0.39, 0.29) is 0 Å². The van der Waals surface area contributed by atoms with Gasteiger partial charge in [-0.2, -0.15) is 5.26 Å². The van der Waals surface area contributed by atoms with Crippen LogP contribution in [-0.2, 0) is 0 Å². The quantitative estimate of drug-likeness (QED) is 0.532. The van der Waals surface area contributed by atoms with Crippen molar-refractivity contribution in [1.82, 2.24) is 0 Å². The third-order valence-corrected chi connectivity index (χ3v) is 1.57. The van der Waals surface area contributed by atoms with Crippen LogP contribution in [-0.4, -0.2) is 13.8 Å². The molecule has 0 fully saturated rings. The van der Waals surface area contributed by atoms with Gasteiger partial charge in [-0.1, -0.05) is 0 Å². The zero-order valence-electron chi connectivity index (χ0n) is 4.31. The second kappa shape index (κ2) is 3.84. The van der Waals surface area contributed by atoms with E-state index in [1.165, 1.54) is 0 Å². The monoisotopic (exact) mass is 114 g/mol. The van der Waals surface area contributed by atoms with Gasteiger partial charge in [-0.3, -0.25) is 0 Å². The molecule has 3 heteroatoms. The standard InChI is InChI=1S/C4H8NOSi/c1-7(6)4-2-3-5/h6H,2,4H2,1H3. The Balaban J connectivity index is 2.86. The van der Waals surface area contributed by atoms with E-state index in [4.69, 9.17) is 10.1 Å². The van der Waals surface area contributed by atoms with E-state index >= 15 is 0 Å². The minimum absolute atomic E-state index is 0.501. The van der Waals surface area contributed by atoms with Gasteiger partial charge in [-0.05, 0) is 12.6 Å². The fraction of sp³-hybridized carbons (Fsp3) is 0.750. The lowest BCUT2D eigenvalue weighted by molar-refractivity contribution is 0.576. The van der Waals surface area contributed by atoms with Crippen LogP contribution < -0.4 is 0 Å². The smallest absolute Gasteiger partial charge is 0.204 e. The maximum absolute atomic E-state index is 8.63. The zero-order chi connectivity index (χ0) is 5.70. The Morgan fingerprint density at radius 2 is 2.43 bits per heavy atom. The zero-order valence-corrected chi connectivity index (χ0v) is 5.31. The number of hydrogen-bond donors (Lipinski definition) is 1. The minimum Gasteiger partial charge on any atom is -0.432 e. The van der Waals surface area contributed by atoms with Gasteiger partial charge in [-0.15, -0.1) is 0 Å². The molecule has 0 aromatic heterocycles. The summed E-state index contributed by atoms with van der Waals surface area (Å²) in [6.07, 6.45) is 0.501. The summed E-state index contributed by atoms with van der Waals surface area (Å²) in [6, 6.07) is 2.66. The molecule has 2 nitrogen and oxygen atoms in total. The fourth-order valence-electron chi connectivity index (χ4n) is 0.237. The van der Waals surface area contributed by atoms with Gasteiger partial charge in [0.25, 0.3) is 0 Å². The average molecular weight is 114 g/mol. The Hall–Kier alpha value is -0.333. The van der Waals surface area contributed by atoms with Crippen molar-refractivity contribution in [2.75, 3.05) is 0 Å². The maximum atomic E-state index is 8.63. The van der Waals surface area contributed by atoms with E-state index < -0.39 is 9.04 Å². The Kier molecular flexibility index (Phi) is 3.66. The van der Waals surface area contributed by atoms with Crippen molar-refractivity contribution < 1.29 is 4.80 Å². The van der Waals surface area contributed by atoms with Crippen LogP contribution in [0.5, 0.6) is 0 Å². The Labute approximate surface area is 45.1 Å². The molecule has 0 unspecified atom stereocenters. The van der Waals surface area contributed by atoms with Crippen LogP contribution in [0.2, 0.25) is 12.6 Å². The van der Waals surface area contributed by atoms with Gasteiger partial charge in [0.05, 0.1) is 6.07 Å². The summed E-state index contributed by atoms with van der Waals surface area (Å²) < 4.78 is 0. The van der Waals surface area contributed by atoms with Crippen molar-refractivity contribution in [3.05, 3.63) is 0 Å². The summed E-state index contributed by atoms with van der Waals surface area (Å²) in [5, 5.41) is 7.97. The predicted molar refractivity (Wildman–Crippen MR) is 28.9 cm³/mol. The summed E-state index contributed by atoms with van der Waals surface area (Å²) in [5.41, 5.74) is 0. The van der Waals surface area contributed by atoms with E-state index in [1.54, 1.807) is 6.55 Å². The number of rotatable bonds is 2. The van der Waals surface area contributed by atoms with Crippen LogP contribution in [0, 0.1) is 11.3 Å². The highest BCUT2D eigenvalue weighted by Crippen LogP contribution is 1.90. The van der Waals surface area contributed by atoms with E-state index in [0.717, 1.165) is 0 Å². The van der Waals surface area contributed by atoms with Crippen molar-refractivity contribution in [1.29, 1.82) is 5.26 Å². The number of nitrogens with zero attached hydrogens (tertiary/aromatic N) is 1. The lowest BCUT2D eigenvalue weighted by Gasteiger charge is -1.89. The molecule has 1 N–H and O–H groups in total. The van der Waals surface area contributed by atoms with Crippen LogP contribution >= 0.6 is 0 Å². The van der Waals surface area contributed by atoms with Gasteiger partial charge in [0.2, 0.25) is 9.04 Å². The first-order valence-electron chi connectivity index (χ1n) is 2.15. The molecule has 0 heterocycles. The summed E-state index contributed by atoms with van der Waals surface area (Å²) in [7, 11) is -1.12. The molecule has 0 bridgehead atoms. The largest absolute Gasteiger partial charge is 0.432 e. The molecule has 0 aromatic rings. The molecule has 0 rings (SSSR count). The minimum atomic E-state index is -1.12. The van der Waals surface area contributed by atoms with Gasteiger partial charge in [0, 0.05) is 6.42 Å². The third-order valence-electron chi connectivity index (χ3n) is 0.599. The summed E-state index contributed by atoms with van der Waals surface area (Å²) in [5.74, 6) is 0. The Bertz CT molecular complexity index is 76.2. The van der Waals surface area contributed by atoms with Crippen molar-refractivity contribution in [3.63, 3.8) is 0 Å². The molecule has 0 aromatic carbocycles. The van der Waals surface area contributed by atoms with Crippen molar-refractivity contribution in [2.45, 2.75) is 19.0 Å². The molecule has 0 aliphatic rings. The van der Waals surface area contributed by atoms with Crippen LogP contribution in [0.3, 0.4) is 0 Å². The van der Waals surface area contributed by atoms with Gasteiger partial charge in [0.1, 0.15) is 0 Å². The lowest BCUT2D eigenvalue weighted by atomic mass is 10.6. The first-order chi connectivity index (χ1) is 3.27. The predicted octanol–water partition coefficient (Wildman–Crippen LogP) is 0.514. The van der Waals surface area contributed by atoms with Crippen molar-refractivity contribution in [3.8, 4) is 6.07 Å². The molecule has 0 saturated carbocycles. The average Bonchev–Trinajstić information content (AvgIpc) is 1.61. The SMILES string of the molecule is C[Si](O)CCC#N. The molecule has 39 valence electrons. The van der Waals surface area contributed by atoms with Crippen LogP contribution in [0.25, 0.3) is 0 Å². The first kappa shape index (κ1) is 6.67. The molecule has 7 heavy (non-hydrogen) atoms. The highest BCUT2D eigenvalue weighted by Gasteiger charge is 1.95. The Morgan fingerprint density at radius 3 is 2.57 bits per heavy atom. The second-order valence-corrected chi connectivity index (χ2v) is 3.36. The third kappa shape index (κ3) is 5.67. The molecule has 0 saturated heterocycles. The summed E-state index contributed by atoms with van der Waals surface area (Å²) in [4.78, 5) is 8.63. The van der Waals surface area contributed by atoms with Crippen molar-refractivity contribution in [2.24, 2.45) is 0 Å². The second-order valence-electron chi connectivity index (χ2n) is 1.39. The molecule has 0 atom stereocenters. The fourth-order valence-corrected chi connectivity index (χ4v) is 0.710. The van der Waals surface area contributed by atoms with Crippen molar-refractivity contribution >= 4 is 9.04 Å². The van der Waals surface area contributed by atoms with Crippen LogP contribution in [0.4, 0.5) is 0 Å². The van der Waals surface area contributed by atoms with Gasteiger partial charge in [0.15, 0.2) is 0 Å². The topological polar surface area (TPSA) is 44.0 Å². The molecule has 0 spiro atoms. The maximum Gasteiger partial charge on any atom is 0.204 e. The number of nitriles is 1. The summed E-state index contributed by atoms with van der Waals surface area (Å²) in [6.45, 7) is 1.78. The normalized spacial score (nSPS) is 8.86. The van der Waals surface area contributed by atoms with E-state index in [2.05, 4.69) is 0 Å². The van der Waals surface area contributed by atoms with E-state index in [0.29, 0.717) is 12.5 Å². The molecular formula is C4H8NOSi. The number of hydrogen-bond acceptors (Lipinski definition) is 2. The van der Waals surface area contributed by atoms with E-state index in [1.807, 2.05) is 6.07 Å². The molecule has 0 aliphatic heterocycles. The van der Waals surface area contributed by atoms with Gasteiger partial charge >= 0.3 is 0 Å². The Morgan fingerprint density at radius 1 is 1.86 bits per heavy atom.